The van der Waals surface area contributed by atoms with Crippen molar-refractivity contribution in [1.29, 1.82) is 0 Å². The summed E-state index contributed by atoms with van der Waals surface area (Å²) in [6, 6.07) is 2.21. The van der Waals surface area contributed by atoms with E-state index >= 15 is 0 Å². The lowest BCUT2D eigenvalue weighted by Gasteiger charge is -2.06. The Bertz CT molecular complexity index is 476. The van der Waals surface area contributed by atoms with E-state index in [1.807, 2.05) is 12.4 Å². The third kappa shape index (κ3) is 1.78. The van der Waals surface area contributed by atoms with Crippen LogP contribution in [0.2, 0.25) is 0 Å². The molecule has 2 N–H and O–H groups in total. The molecule has 0 unspecified atom stereocenters. The van der Waals surface area contributed by atoms with Gasteiger partial charge in [-0.25, -0.2) is 4.98 Å². The Morgan fingerprint density at radius 1 is 1.31 bits per heavy atom. The fraction of sp³-hybridized carbons (Fsp3) is 0.333. The number of fused-ring (bicyclic) bond motifs is 1. The van der Waals surface area contributed by atoms with Gasteiger partial charge in [-0.05, 0) is 30.9 Å². The van der Waals surface area contributed by atoms with Crippen molar-refractivity contribution in [1.82, 2.24) is 15.0 Å². The van der Waals surface area contributed by atoms with E-state index in [0.717, 1.165) is 17.9 Å². The number of hydrogen-bond donors (Lipinski definition) is 2. The number of aromatic nitrogens is 3. The van der Waals surface area contributed by atoms with Crippen LogP contribution in [0.5, 0.6) is 0 Å². The molecule has 0 bridgehead atoms. The number of aryl methyl sites for hydroxylation is 2. The van der Waals surface area contributed by atoms with Gasteiger partial charge in [-0.3, -0.25) is 4.98 Å². The molecule has 4 heteroatoms. The molecule has 0 spiro atoms. The average molecular weight is 214 g/mol. The van der Waals surface area contributed by atoms with E-state index in [1.54, 1.807) is 6.20 Å². The normalized spacial score (nSPS) is 13.8. The van der Waals surface area contributed by atoms with Crippen LogP contribution in [0.4, 0.5) is 5.69 Å². The molecule has 0 aromatic carbocycles. The first kappa shape index (κ1) is 9.39. The first-order chi connectivity index (χ1) is 7.92. The summed E-state index contributed by atoms with van der Waals surface area (Å²) >= 11 is 0. The molecule has 3 rings (SSSR count). The summed E-state index contributed by atoms with van der Waals surface area (Å²) in [4.78, 5) is 11.7. The van der Waals surface area contributed by atoms with Crippen molar-refractivity contribution in [3.63, 3.8) is 0 Å². The third-order valence-electron chi connectivity index (χ3n) is 2.93. The Labute approximate surface area is 94.1 Å². The van der Waals surface area contributed by atoms with Crippen molar-refractivity contribution in [3.8, 4) is 0 Å². The van der Waals surface area contributed by atoms with E-state index in [-0.39, 0.29) is 0 Å². The predicted molar refractivity (Wildman–Crippen MR) is 62.2 cm³/mol. The summed E-state index contributed by atoms with van der Waals surface area (Å²) in [6.45, 7) is 0.716. The van der Waals surface area contributed by atoms with Gasteiger partial charge >= 0.3 is 0 Å². The molecule has 0 atom stereocenters. The smallest absolute Gasteiger partial charge is 0.125 e. The second-order valence-corrected chi connectivity index (χ2v) is 4.07. The van der Waals surface area contributed by atoms with E-state index in [2.05, 4.69) is 26.3 Å². The maximum absolute atomic E-state index is 4.47. The van der Waals surface area contributed by atoms with Crippen LogP contribution in [-0.4, -0.2) is 15.0 Å². The van der Waals surface area contributed by atoms with E-state index in [0.29, 0.717) is 6.54 Å². The number of aromatic amines is 1. The van der Waals surface area contributed by atoms with Crippen LogP contribution in [0.25, 0.3) is 0 Å². The van der Waals surface area contributed by atoms with Crippen LogP contribution in [0.1, 0.15) is 23.5 Å². The van der Waals surface area contributed by atoms with E-state index in [9.17, 15) is 0 Å². The van der Waals surface area contributed by atoms with Gasteiger partial charge in [0.05, 0.1) is 18.4 Å². The molecule has 0 amide bonds. The van der Waals surface area contributed by atoms with E-state index < -0.39 is 0 Å². The molecule has 2 aromatic heterocycles. The number of nitrogens with one attached hydrogen (secondary N) is 2. The topological polar surface area (TPSA) is 53.6 Å². The van der Waals surface area contributed by atoms with Crippen molar-refractivity contribution in [2.24, 2.45) is 0 Å². The number of hydrogen-bond acceptors (Lipinski definition) is 3. The van der Waals surface area contributed by atoms with Crippen molar-refractivity contribution >= 4 is 5.69 Å². The van der Waals surface area contributed by atoms with Gasteiger partial charge < -0.3 is 10.3 Å². The third-order valence-corrected chi connectivity index (χ3v) is 2.93. The first-order valence-electron chi connectivity index (χ1n) is 5.62. The molecule has 0 radical (unpaired) electrons. The average Bonchev–Trinajstić information content (AvgIpc) is 2.97. The van der Waals surface area contributed by atoms with E-state index in [1.165, 1.54) is 24.1 Å². The quantitative estimate of drug-likeness (QED) is 0.820. The van der Waals surface area contributed by atoms with Crippen molar-refractivity contribution in [2.75, 3.05) is 5.32 Å². The predicted octanol–water partition coefficient (Wildman–Crippen LogP) is 1.91. The lowest BCUT2D eigenvalue weighted by Crippen LogP contribution is -2.02. The van der Waals surface area contributed by atoms with Crippen molar-refractivity contribution in [3.05, 3.63) is 41.7 Å². The molecular formula is C12H14N4. The Hall–Kier alpha value is -1.84. The summed E-state index contributed by atoms with van der Waals surface area (Å²) in [7, 11) is 0. The SMILES string of the molecule is c1c[nH]c(CNc2cnc3c(c2)CCC3)n1. The number of anilines is 1. The highest BCUT2D eigenvalue weighted by molar-refractivity contribution is 5.46. The molecule has 4 nitrogen and oxygen atoms in total. The van der Waals surface area contributed by atoms with E-state index in [4.69, 9.17) is 0 Å². The Balaban J connectivity index is 1.71. The van der Waals surface area contributed by atoms with Gasteiger partial charge in [-0.1, -0.05) is 0 Å². The Kier molecular flexibility index (Phi) is 2.33. The number of imidazole rings is 1. The fourth-order valence-corrected chi connectivity index (χ4v) is 2.10. The Morgan fingerprint density at radius 3 is 3.19 bits per heavy atom. The highest BCUT2D eigenvalue weighted by Gasteiger charge is 2.12. The van der Waals surface area contributed by atoms with Crippen LogP contribution in [0.3, 0.4) is 0 Å². The zero-order chi connectivity index (χ0) is 10.8. The number of nitrogens with zero attached hydrogens (tertiary/aromatic N) is 2. The summed E-state index contributed by atoms with van der Waals surface area (Å²) in [6.07, 6.45) is 9.04. The van der Waals surface area contributed by atoms with Crippen LogP contribution >= 0.6 is 0 Å². The minimum Gasteiger partial charge on any atom is -0.377 e. The molecule has 16 heavy (non-hydrogen) atoms. The Morgan fingerprint density at radius 2 is 2.31 bits per heavy atom. The largest absolute Gasteiger partial charge is 0.377 e. The zero-order valence-corrected chi connectivity index (χ0v) is 9.03. The molecule has 0 aliphatic heterocycles. The highest BCUT2D eigenvalue weighted by atomic mass is 15.0. The highest BCUT2D eigenvalue weighted by Crippen LogP contribution is 2.22. The monoisotopic (exact) mass is 214 g/mol. The number of H-pyrrole nitrogens is 1. The van der Waals surface area contributed by atoms with Crippen LogP contribution in [-0.2, 0) is 19.4 Å². The lowest BCUT2D eigenvalue weighted by atomic mass is 10.2. The molecule has 0 saturated heterocycles. The van der Waals surface area contributed by atoms with Gasteiger partial charge in [0.25, 0.3) is 0 Å². The van der Waals surface area contributed by atoms with Gasteiger partial charge in [0.2, 0.25) is 0 Å². The van der Waals surface area contributed by atoms with Crippen LogP contribution < -0.4 is 5.32 Å². The lowest BCUT2D eigenvalue weighted by molar-refractivity contribution is 0.899. The summed E-state index contributed by atoms with van der Waals surface area (Å²) in [5.41, 5.74) is 3.74. The molecule has 1 aliphatic rings. The van der Waals surface area contributed by atoms with Gasteiger partial charge in [-0.2, -0.15) is 0 Å². The first-order valence-corrected chi connectivity index (χ1v) is 5.62. The van der Waals surface area contributed by atoms with Gasteiger partial charge in [0, 0.05) is 18.1 Å². The van der Waals surface area contributed by atoms with Crippen LogP contribution in [0.15, 0.2) is 24.7 Å². The molecule has 0 fully saturated rings. The maximum atomic E-state index is 4.47. The van der Waals surface area contributed by atoms with Crippen molar-refractivity contribution in [2.45, 2.75) is 25.8 Å². The summed E-state index contributed by atoms with van der Waals surface area (Å²) in [5.74, 6) is 0.945. The molecule has 2 heterocycles. The van der Waals surface area contributed by atoms with Gasteiger partial charge in [0.1, 0.15) is 5.82 Å². The minimum absolute atomic E-state index is 0.716. The molecule has 0 saturated carbocycles. The standard InChI is InChI=1S/C12H14N4/c1-2-9-6-10(7-16-11(9)3-1)15-8-12-13-4-5-14-12/h4-7,15H,1-3,8H2,(H,13,14). The fourth-order valence-electron chi connectivity index (χ4n) is 2.10. The second-order valence-electron chi connectivity index (χ2n) is 4.07. The van der Waals surface area contributed by atoms with Gasteiger partial charge in [-0.15, -0.1) is 0 Å². The molecule has 82 valence electrons. The minimum atomic E-state index is 0.716. The van der Waals surface area contributed by atoms with Crippen LogP contribution in [0, 0.1) is 0 Å². The number of rotatable bonds is 3. The maximum Gasteiger partial charge on any atom is 0.125 e. The van der Waals surface area contributed by atoms with Crippen molar-refractivity contribution < 1.29 is 0 Å². The zero-order valence-electron chi connectivity index (χ0n) is 9.03. The number of pyridine rings is 1. The summed E-state index contributed by atoms with van der Waals surface area (Å²) in [5, 5.41) is 3.32. The molecular weight excluding hydrogens is 200 g/mol. The molecule has 2 aromatic rings. The summed E-state index contributed by atoms with van der Waals surface area (Å²) < 4.78 is 0. The van der Waals surface area contributed by atoms with Gasteiger partial charge in [0.15, 0.2) is 0 Å². The molecule has 1 aliphatic carbocycles. The second kappa shape index (κ2) is 3.96.